The van der Waals surface area contributed by atoms with E-state index >= 15 is 0 Å². The summed E-state index contributed by atoms with van der Waals surface area (Å²) in [4.78, 5) is 2.47. The van der Waals surface area contributed by atoms with Crippen molar-refractivity contribution in [2.24, 2.45) is 11.1 Å². The van der Waals surface area contributed by atoms with E-state index in [4.69, 9.17) is 5.73 Å². The molecule has 1 aliphatic heterocycles. The zero-order valence-corrected chi connectivity index (χ0v) is 10.5. The molecular formula is C14H22N2. The van der Waals surface area contributed by atoms with Crippen molar-refractivity contribution in [3.05, 3.63) is 29.8 Å². The van der Waals surface area contributed by atoms with Crippen LogP contribution in [0.2, 0.25) is 0 Å². The van der Waals surface area contributed by atoms with Gasteiger partial charge >= 0.3 is 0 Å². The van der Waals surface area contributed by atoms with E-state index in [9.17, 15) is 0 Å². The van der Waals surface area contributed by atoms with Gasteiger partial charge in [-0.2, -0.15) is 0 Å². The number of nitrogens with two attached hydrogens (primary N) is 1. The van der Waals surface area contributed by atoms with Crippen molar-refractivity contribution in [2.45, 2.75) is 33.2 Å². The van der Waals surface area contributed by atoms with E-state index < -0.39 is 0 Å². The number of nitrogens with zero attached hydrogens (tertiary/aromatic N) is 1. The van der Waals surface area contributed by atoms with Gasteiger partial charge in [-0.05, 0) is 30.4 Å². The average molecular weight is 218 g/mol. The number of rotatable bonds is 1. The minimum absolute atomic E-state index is 0.209. The SMILES string of the molecule is Cc1ccccc1N1CCC(N)C(C)(C)C1. The van der Waals surface area contributed by atoms with Crippen LogP contribution in [0.1, 0.15) is 25.8 Å². The van der Waals surface area contributed by atoms with Crippen molar-refractivity contribution in [1.29, 1.82) is 0 Å². The van der Waals surface area contributed by atoms with Crippen LogP contribution in [0.5, 0.6) is 0 Å². The van der Waals surface area contributed by atoms with Crippen molar-refractivity contribution in [1.82, 2.24) is 0 Å². The van der Waals surface area contributed by atoms with Crippen molar-refractivity contribution in [3.63, 3.8) is 0 Å². The molecular weight excluding hydrogens is 196 g/mol. The molecule has 0 radical (unpaired) electrons. The van der Waals surface area contributed by atoms with Crippen LogP contribution in [0, 0.1) is 12.3 Å². The third-order valence-corrected chi connectivity index (χ3v) is 3.77. The van der Waals surface area contributed by atoms with Gasteiger partial charge in [0.1, 0.15) is 0 Å². The highest BCUT2D eigenvalue weighted by atomic mass is 15.2. The lowest BCUT2D eigenvalue weighted by Gasteiger charge is -2.44. The molecule has 1 heterocycles. The monoisotopic (exact) mass is 218 g/mol. The molecule has 1 aromatic carbocycles. The lowest BCUT2D eigenvalue weighted by atomic mass is 9.79. The molecule has 0 amide bonds. The second kappa shape index (κ2) is 4.10. The van der Waals surface area contributed by atoms with Gasteiger partial charge in [0.15, 0.2) is 0 Å². The molecule has 88 valence electrons. The Morgan fingerprint density at radius 2 is 2.00 bits per heavy atom. The zero-order valence-electron chi connectivity index (χ0n) is 10.5. The minimum Gasteiger partial charge on any atom is -0.371 e. The molecule has 2 rings (SSSR count). The Hall–Kier alpha value is -1.02. The van der Waals surface area contributed by atoms with Gasteiger partial charge in [-0.25, -0.2) is 0 Å². The molecule has 0 aromatic heterocycles. The Bertz CT molecular complexity index is 371. The third-order valence-electron chi connectivity index (χ3n) is 3.77. The van der Waals surface area contributed by atoms with Crippen LogP contribution >= 0.6 is 0 Å². The molecule has 1 atom stereocenters. The van der Waals surface area contributed by atoms with Gasteiger partial charge in [-0.15, -0.1) is 0 Å². The lowest BCUT2D eigenvalue weighted by molar-refractivity contribution is 0.245. The molecule has 1 aliphatic rings. The Morgan fingerprint density at radius 1 is 1.31 bits per heavy atom. The quantitative estimate of drug-likeness (QED) is 0.785. The van der Waals surface area contributed by atoms with E-state index in [1.54, 1.807) is 0 Å². The Kier molecular flexibility index (Phi) is 2.94. The van der Waals surface area contributed by atoms with Crippen LogP contribution in [-0.2, 0) is 0 Å². The molecule has 0 bridgehead atoms. The summed E-state index contributed by atoms with van der Waals surface area (Å²) in [5, 5.41) is 0. The fourth-order valence-electron chi connectivity index (χ4n) is 2.50. The number of hydrogen-bond acceptors (Lipinski definition) is 2. The van der Waals surface area contributed by atoms with E-state index in [2.05, 4.69) is 49.9 Å². The highest BCUT2D eigenvalue weighted by molar-refractivity contribution is 5.53. The maximum Gasteiger partial charge on any atom is 0.0396 e. The molecule has 1 fully saturated rings. The molecule has 1 aromatic rings. The van der Waals surface area contributed by atoms with E-state index in [-0.39, 0.29) is 5.41 Å². The van der Waals surface area contributed by atoms with Gasteiger partial charge in [0, 0.05) is 24.8 Å². The van der Waals surface area contributed by atoms with E-state index in [1.807, 2.05) is 0 Å². The van der Waals surface area contributed by atoms with Gasteiger partial charge in [0.05, 0.1) is 0 Å². The molecule has 0 spiro atoms. The smallest absolute Gasteiger partial charge is 0.0396 e. The Balaban J connectivity index is 2.21. The number of aryl methyl sites for hydroxylation is 1. The van der Waals surface area contributed by atoms with Gasteiger partial charge in [0.25, 0.3) is 0 Å². The van der Waals surface area contributed by atoms with Crippen LogP contribution in [0.3, 0.4) is 0 Å². The highest BCUT2D eigenvalue weighted by Crippen LogP contribution is 2.32. The molecule has 1 unspecified atom stereocenters. The van der Waals surface area contributed by atoms with Crippen LogP contribution in [-0.4, -0.2) is 19.1 Å². The van der Waals surface area contributed by atoms with Gasteiger partial charge in [-0.3, -0.25) is 0 Å². The second-order valence-electron chi connectivity index (χ2n) is 5.59. The van der Waals surface area contributed by atoms with Crippen LogP contribution in [0.4, 0.5) is 5.69 Å². The maximum absolute atomic E-state index is 6.16. The van der Waals surface area contributed by atoms with Crippen molar-refractivity contribution in [3.8, 4) is 0 Å². The number of anilines is 1. The van der Waals surface area contributed by atoms with Crippen LogP contribution in [0.25, 0.3) is 0 Å². The van der Waals surface area contributed by atoms with Crippen molar-refractivity contribution >= 4 is 5.69 Å². The molecule has 2 heteroatoms. The van der Waals surface area contributed by atoms with Crippen molar-refractivity contribution < 1.29 is 0 Å². The van der Waals surface area contributed by atoms with Gasteiger partial charge in [-0.1, -0.05) is 32.0 Å². The molecule has 1 saturated heterocycles. The zero-order chi connectivity index (χ0) is 11.8. The highest BCUT2D eigenvalue weighted by Gasteiger charge is 2.33. The fraction of sp³-hybridized carbons (Fsp3) is 0.571. The predicted molar refractivity (Wildman–Crippen MR) is 69.8 cm³/mol. The normalized spacial score (nSPS) is 24.5. The second-order valence-corrected chi connectivity index (χ2v) is 5.59. The summed E-state index contributed by atoms with van der Waals surface area (Å²) in [6.45, 7) is 8.84. The van der Waals surface area contributed by atoms with Gasteiger partial charge in [0.2, 0.25) is 0 Å². The number of hydrogen-bond donors (Lipinski definition) is 1. The summed E-state index contributed by atoms with van der Waals surface area (Å²) in [5.41, 5.74) is 9.09. The molecule has 2 nitrogen and oxygen atoms in total. The van der Waals surface area contributed by atoms with E-state index in [0.29, 0.717) is 6.04 Å². The first kappa shape index (κ1) is 11.5. The van der Waals surface area contributed by atoms with Crippen LogP contribution < -0.4 is 10.6 Å². The number of piperidine rings is 1. The molecule has 16 heavy (non-hydrogen) atoms. The summed E-state index contributed by atoms with van der Waals surface area (Å²) >= 11 is 0. The summed E-state index contributed by atoms with van der Waals surface area (Å²) in [5.74, 6) is 0. The summed E-state index contributed by atoms with van der Waals surface area (Å²) in [6, 6.07) is 8.93. The standard InChI is InChI=1S/C14H22N2/c1-11-6-4-5-7-12(11)16-9-8-13(15)14(2,3)10-16/h4-7,13H,8-10,15H2,1-3H3. The molecule has 0 aliphatic carbocycles. The molecule has 2 N–H and O–H groups in total. The van der Waals surface area contributed by atoms with Crippen molar-refractivity contribution in [2.75, 3.05) is 18.0 Å². The first-order chi connectivity index (χ1) is 7.50. The first-order valence-electron chi connectivity index (χ1n) is 6.07. The van der Waals surface area contributed by atoms with E-state index in [1.165, 1.54) is 11.3 Å². The Morgan fingerprint density at radius 3 is 2.62 bits per heavy atom. The number of benzene rings is 1. The number of para-hydroxylation sites is 1. The largest absolute Gasteiger partial charge is 0.371 e. The average Bonchev–Trinajstić information content (AvgIpc) is 2.23. The first-order valence-corrected chi connectivity index (χ1v) is 6.07. The summed E-state index contributed by atoms with van der Waals surface area (Å²) < 4.78 is 0. The maximum atomic E-state index is 6.16. The minimum atomic E-state index is 0.209. The third kappa shape index (κ3) is 2.07. The fourth-order valence-corrected chi connectivity index (χ4v) is 2.50. The van der Waals surface area contributed by atoms with Gasteiger partial charge < -0.3 is 10.6 Å². The summed E-state index contributed by atoms with van der Waals surface area (Å²) in [6.07, 6.45) is 1.08. The Labute approximate surface area is 98.4 Å². The predicted octanol–water partition coefficient (Wildman–Crippen LogP) is 2.56. The topological polar surface area (TPSA) is 29.3 Å². The van der Waals surface area contributed by atoms with E-state index in [0.717, 1.165) is 19.5 Å². The lowest BCUT2D eigenvalue weighted by Crippen LogP contribution is -2.52. The van der Waals surface area contributed by atoms with Crippen LogP contribution in [0.15, 0.2) is 24.3 Å². The summed E-state index contributed by atoms with van der Waals surface area (Å²) in [7, 11) is 0. The molecule has 0 saturated carbocycles.